The van der Waals surface area contributed by atoms with Crippen LogP contribution < -0.4 is 4.72 Å². The highest BCUT2D eigenvalue weighted by atomic mass is 32.2. The van der Waals surface area contributed by atoms with E-state index < -0.39 is 10.0 Å². The molecular formula is C16H23N3O2S. The quantitative estimate of drug-likeness (QED) is 0.917. The van der Waals surface area contributed by atoms with Crippen molar-refractivity contribution in [1.82, 2.24) is 9.78 Å². The molecule has 0 unspecified atom stereocenters. The van der Waals surface area contributed by atoms with Crippen molar-refractivity contribution in [3.05, 3.63) is 41.2 Å². The molecule has 1 heterocycles. The Kier molecular flexibility index (Phi) is 4.60. The van der Waals surface area contributed by atoms with Crippen molar-refractivity contribution in [3.63, 3.8) is 0 Å². The number of nitrogens with zero attached hydrogens (tertiary/aromatic N) is 2. The van der Waals surface area contributed by atoms with Crippen molar-refractivity contribution >= 4 is 15.7 Å². The van der Waals surface area contributed by atoms with E-state index in [1.165, 1.54) is 5.56 Å². The van der Waals surface area contributed by atoms with E-state index in [2.05, 4.69) is 23.7 Å². The van der Waals surface area contributed by atoms with E-state index in [9.17, 15) is 8.42 Å². The van der Waals surface area contributed by atoms with E-state index in [1.54, 1.807) is 30.7 Å². The van der Waals surface area contributed by atoms with E-state index in [0.717, 1.165) is 0 Å². The fourth-order valence-electron chi connectivity index (χ4n) is 2.52. The minimum Gasteiger partial charge on any atom is -0.280 e. The van der Waals surface area contributed by atoms with Gasteiger partial charge in [-0.25, -0.2) is 8.42 Å². The van der Waals surface area contributed by atoms with Crippen LogP contribution in [0.4, 0.5) is 5.69 Å². The summed E-state index contributed by atoms with van der Waals surface area (Å²) in [5, 5.41) is 4.27. The van der Waals surface area contributed by atoms with Crippen molar-refractivity contribution in [2.24, 2.45) is 0 Å². The van der Waals surface area contributed by atoms with E-state index in [-0.39, 0.29) is 4.90 Å². The molecule has 120 valence electrons. The summed E-state index contributed by atoms with van der Waals surface area (Å²) in [6.45, 7) is 10.3. The van der Waals surface area contributed by atoms with Crippen LogP contribution >= 0.6 is 0 Å². The van der Waals surface area contributed by atoms with Crippen LogP contribution in [0.2, 0.25) is 0 Å². The second kappa shape index (κ2) is 6.12. The molecule has 1 N–H and O–H groups in total. The lowest BCUT2D eigenvalue weighted by atomic mass is 10.0. The molecule has 1 aromatic heterocycles. The van der Waals surface area contributed by atoms with Gasteiger partial charge >= 0.3 is 0 Å². The summed E-state index contributed by atoms with van der Waals surface area (Å²) in [6, 6.07) is 7.47. The van der Waals surface area contributed by atoms with Gasteiger partial charge in [-0.2, -0.15) is 5.10 Å². The summed E-state index contributed by atoms with van der Waals surface area (Å²) in [4.78, 5) is 0.266. The van der Waals surface area contributed by atoms with Gasteiger partial charge in [0.25, 0.3) is 10.0 Å². The molecule has 0 aliphatic heterocycles. The fraction of sp³-hybridized carbons (Fsp3) is 0.438. The van der Waals surface area contributed by atoms with Gasteiger partial charge in [0.1, 0.15) is 4.90 Å². The molecule has 0 aliphatic carbocycles. The van der Waals surface area contributed by atoms with Crippen molar-refractivity contribution in [3.8, 4) is 0 Å². The van der Waals surface area contributed by atoms with E-state index in [0.29, 0.717) is 29.5 Å². The molecule has 0 saturated heterocycles. The van der Waals surface area contributed by atoms with Gasteiger partial charge in [0.05, 0.1) is 11.4 Å². The van der Waals surface area contributed by atoms with Crippen LogP contribution in [-0.4, -0.2) is 18.2 Å². The molecule has 2 aromatic rings. The first-order valence-corrected chi connectivity index (χ1v) is 8.91. The maximum Gasteiger partial charge on any atom is 0.265 e. The van der Waals surface area contributed by atoms with Crippen molar-refractivity contribution in [2.45, 2.75) is 52.0 Å². The number of aryl methyl sites for hydroxylation is 2. The van der Waals surface area contributed by atoms with E-state index in [4.69, 9.17) is 0 Å². The molecule has 0 saturated carbocycles. The summed E-state index contributed by atoms with van der Waals surface area (Å²) >= 11 is 0. The zero-order valence-corrected chi connectivity index (χ0v) is 14.5. The molecule has 5 nitrogen and oxygen atoms in total. The Bertz CT molecular complexity index is 759. The third-order valence-electron chi connectivity index (χ3n) is 3.71. The molecule has 0 atom stereocenters. The van der Waals surface area contributed by atoms with Gasteiger partial charge < -0.3 is 0 Å². The Labute approximate surface area is 132 Å². The predicted molar refractivity (Wildman–Crippen MR) is 88.7 cm³/mol. The van der Waals surface area contributed by atoms with Gasteiger partial charge in [-0.05, 0) is 44.4 Å². The number of aromatic nitrogens is 2. The molecule has 1 aromatic carbocycles. The molecule has 0 spiro atoms. The summed E-state index contributed by atoms with van der Waals surface area (Å²) in [5.74, 6) is 0.415. The van der Waals surface area contributed by atoms with Crippen LogP contribution in [-0.2, 0) is 16.6 Å². The van der Waals surface area contributed by atoms with Gasteiger partial charge in [0, 0.05) is 12.2 Å². The highest BCUT2D eigenvalue weighted by Gasteiger charge is 2.24. The van der Waals surface area contributed by atoms with Crippen LogP contribution in [0.3, 0.4) is 0 Å². The molecule has 0 fully saturated rings. The van der Waals surface area contributed by atoms with Crippen LogP contribution in [0.1, 0.15) is 43.6 Å². The van der Waals surface area contributed by atoms with Gasteiger partial charge in [-0.1, -0.05) is 26.0 Å². The normalized spacial score (nSPS) is 11.9. The third kappa shape index (κ3) is 3.16. The number of nitrogens with one attached hydrogen (secondary N) is 1. The van der Waals surface area contributed by atoms with Crippen molar-refractivity contribution in [1.29, 1.82) is 0 Å². The van der Waals surface area contributed by atoms with Crippen molar-refractivity contribution in [2.75, 3.05) is 4.72 Å². The lowest BCUT2D eigenvalue weighted by Gasteiger charge is -2.10. The molecule has 0 amide bonds. The summed E-state index contributed by atoms with van der Waals surface area (Å²) in [5.41, 5.74) is 2.92. The number of hydrogen-bond donors (Lipinski definition) is 1. The SMILES string of the molecule is CCn1nc(C)c(S(=O)(=O)Nc2ccc(C(C)C)cc2)c1C. The van der Waals surface area contributed by atoms with Crippen molar-refractivity contribution < 1.29 is 8.42 Å². The van der Waals surface area contributed by atoms with Crippen LogP contribution in [0.25, 0.3) is 0 Å². The van der Waals surface area contributed by atoms with E-state index in [1.807, 2.05) is 19.1 Å². The monoisotopic (exact) mass is 321 g/mol. The smallest absolute Gasteiger partial charge is 0.265 e. The van der Waals surface area contributed by atoms with Gasteiger partial charge in [0.15, 0.2) is 0 Å². The maximum atomic E-state index is 12.6. The summed E-state index contributed by atoms with van der Waals surface area (Å²) in [7, 11) is -3.63. The average Bonchev–Trinajstić information content (AvgIpc) is 2.74. The Morgan fingerprint density at radius 1 is 1.18 bits per heavy atom. The van der Waals surface area contributed by atoms with Gasteiger partial charge in [0.2, 0.25) is 0 Å². The minimum atomic E-state index is -3.63. The number of benzene rings is 1. The fourth-order valence-corrected chi connectivity index (χ4v) is 3.99. The van der Waals surface area contributed by atoms with Gasteiger partial charge in [-0.15, -0.1) is 0 Å². The first kappa shape index (κ1) is 16.5. The molecule has 0 bridgehead atoms. The Morgan fingerprint density at radius 3 is 2.23 bits per heavy atom. The molecular weight excluding hydrogens is 298 g/mol. The standard InChI is InChI=1S/C16H23N3O2S/c1-6-19-13(5)16(12(4)17-19)22(20,21)18-15-9-7-14(8-10-15)11(2)3/h7-11,18H,6H2,1-5H3. The van der Waals surface area contributed by atoms with Crippen LogP contribution in [0.15, 0.2) is 29.2 Å². The first-order valence-electron chi connectivity index (χ1n) is 7.43. The maximum absolute atomic E-state index is 12.6. The number of rotatable bonds is 5. The Hall–Kier alpha value is -1.82. The molecule has 0 aliphatic rings. The minimum absolute atomic E-state index is 0.266. The lowest BCUT2D eigenvalue weighted by Crippen LogP contribution is -2.15. The highest BCUT2D eigenvalue weighted by molar-refractivity contribution is 7.92. The molecule has 2 rings (SSSR count). The second-order valence-electron chi connectivity index (χ2n) is 5.70. The Balaban J connectivity index is 2.34. The molecule has 6 heteroatoms. The zero-order valence-electron chi connectivity index (χ0n) is 13.7. The molecule has 0 radical (unpaired) electrons. The van der Waals surface area contributed by atoms with Crippen LogP contribution in [0, 0.1) is 13.8 Å². The third-order valence-corrected chi connectivity index (χ3v) is 5.35. The number of sulfonamides is 1. The second-order valence-corrected chi connectivity index (χ2v) is 7.32. The lowest BCUT2D eigenvalue weighted by molar-refractivity contribution is 0.598. The zero-order chi connectivity index (χ0) is 16.5. The van der Waals surface area contributed by atoms with Crippen LogP contribution in [0.5, 0.6) is 0 Å². The number of hydrogen-bond acceptors (Lipinski definition) is 3. The highest BCUT2D eigenvalue weighted by Crippen LogP contribution is 2.24. The topological polar surface area (TPSA) is 64.0 Å². The number of anilines is 1. The average molecular weight is 321 g/mol. The van der Waals surface area contributed by atoms with Gasteiger partial charge in [-0.3, -0.25) is 9.40 Å². The first-order chi connectivity index (χ1) is 10.3. The van der Waals surface area contributed by atoms with E-state index >= 15 is 0 Å². The molecule has 22 heavy (non-hydrogen) atoms. The largest absolute Gasteiger partial charge is 0.280 e. The summed E-state index contributed by atoms with van der Waals surface area (Å²) < 4.78 is 29.6. The predicted octanol–water partition coefficient (Wildman–Crippen LogP) is 3.44. The summed E-state index contributed by atoms with van der Waals surface area (Å²) in [6.07, 6.45) is 0. The Morgan fingerprint density at radius 2 is 1.77 bits per heavy atom.